The first kappa shape index (κ1) is 20.3. The van der Waals surface area contributed by atoms with E-state index in [1.54, 1.807) is 12.3 Å². The quantitative estimate of drug-likeness (QED) is 0.325. The summed E-state index contributed by atoms with van der Waals surface area (Å²) in [7, 11) is 0. The standard InChI is InChI=1S/C22H16ClN7OS/c1-14-6-8-15(9-7-14)21-28-26-19(31-21)12-32-22-29-27-20(17-10-11-24-13-25-17)30(22)18-5-3-2-4-16(18)23/h2-11,13H,12H2,1H3. The first-order chi connectivity index (χ1) is 15.7. The fraction of sp³-hybridized carbons (Fsp3) is 0.0909. The van der Waals surface area contributed by atoms with Crippen LogP contribution in [0.4, 0.5) is 0 Å². The zero-order valence-electron chi connectivity index (χ0n) is 16.9. The van der Waals surface area contributed by atoms with Crippen LogP contribution in [0.2, 0.25) is 5.02 Å². The molecular formula is C22H16ClN7OS. The van der Waals surface area contributed by atoms with Gasteiger partial charge in [-0.2, -0.15) is 0 Å². The molecule has 0 aliphatic heterocycles. The molecule has 0 unspecified atom stereocenters. The average Bonchev–Trinajstić information content (AvgIpc) is 3.46. The Morgan fingerprint density at radius 1 is 0.969 bits per heavy atom. The number of aromatic nitrogens is 7. The lowest BCUT2D eigenvalue weighted by Gasteiger charge is -2.11. The summed E-state index contributed by atoms with van der Waals surface area (Å²) >= 11 is 7.91. The Bertz CT molecular complexity index is 1350. The van der Waals surface area contributed by atoms with Crippen molar-refractivity contribution in [2.24, 2.45) is 0 Å². The van der Waals surface area contributed by atoms with Crippen LogP contribution in [0.1, 0.15) is 11.5 Å². The van der Waals surface area contributed by atoms with Crippen LogP contribution in [-0.4, -0.2) is 34.9 Å². The van der Waals surface area contributed by atoms with Crippen LogP contribution in [0.5, 0.6) is 0 Å². The highest BCUT2D eigenvalue weighted by molar-refractivity contribution is 7.98. The van der Waals surface area contributed by atoms with Gasteiger partial charge in [0.1, 0.15) is 12.0 Å². The summed E-state index contributed by atoms with van der Waals surface area (Å²) < 4.78 is 7.71. The minimum atomic E-state index is 0.422. The summed E-state index contributed by atoms with van der Waals surface area (Å²) in [5.74, 6) is 1.96. The number of benzene rings is 2. The van der Waals surface area contributed by atoms with Crippen molar-refractivity contribution < 1.29 is 4.42 Å². The molecule has 2 aromatic carbocycles. The minimum Gasteiger partial charge on any atom is -0.420 e. The summed E-state index contributed by atoms with van der Waals surface area (Å²) in [5.41, 5.74) is 3.44. The molecule has 0 bridgehead atoms. The van der Waals surface area contributed by atoms with Crippen LogP contribution in [0.25, 0.3) is 28.7 Å². The Balaban J connectivity index is 1.45. The smallest absolute Gasteiger partial charge is 0.247 e. The van der Waals surface area contributed by atoms with Gasteiger partial charge < -0.3 is 4.42 Å². The van der Waals surface area contributed by atoms with Crippen molar-refractivity contribution in [3.05, 3.63) is 83.6 Å². The van der Waals surface area contributed by atoms with E-state index < -0.39 is 0 Å². The molecule has 0 aliphatic carbocycles. The number of hydrogen-bond acceptors (Lipinski definition) is 8. The van der Waals surface area contributed by atoms with Crippen LogP contribution in [0, 0.1) is 6.92 Å². The monoisotopic (exact) mass is 461 g/mol. The molecule has 158 valence electrons. The Hall–Kier alpha value is -3.56. The zero-order valence-corrected chi connectivity index (χ0v) is 18.5. The van der Waals surface area contributed by atoms with Crippen LogP contribution in [0.15, 0.2) is 76.7 Å². The van der Waals surface area contributed by atoms with Crippen molar-refractivity contribution in [2.45, 2.75) is 17.8 Å². The number of aryl methyl sites for hydroxylation is 1. The molecule has 0 saturated carbocycles. The lowest BCUT2D eigenvalue weighted by atomic mass is 10.1. The van der Waals surface area contributed by atoms with Crippen LogP contribution in [0.3, 0.4) is 0 Å². The van der Waals surface area contributed by atoms with E-state index in [0.717, 1.165) is 11.3 Å². The lowest BCUT2D eigenvalue weighted by Crippen LogP contribution is -2.01. The maximum absolute atomic E-state index is 6.49. The van der Waals surface area contributed by atoms with Gasteiger partial charge in [-0.1, -0.05) is 53.2 Å². The second kappa shape index (κ2) is 8.89. The van der Waals surface area contributed by atoms with Gasteiger partial charge >= 0.3 is 0 Å². The van der Waals surface area contributed by atoms with E-state index in [9.17, 15) is 0 Å². The van der Waals surface area contributed by atoms with Crippen molar-refractivity contribution in [3.63, 3.8) is 0 Å². The highest BCUT2D eigenvalue weighted by Crippen LogP contribution is 2.32. The van der Waals surface area contributed by atoms with Gasteiger partial charge in [-0.25, -0.2) is 9.97 Å². The maximum Gasteiger partial charge on any atom is 0.247 e. The molecule has 0 amide bonds. The third-order valence-electron chi connectivity index (χ3n) is 4.63. The van der Waals surface area contributed by atoms with Gasteiger partial charge in [0.25, 0.3) is 0 Å². The molecule has 3 aromatic heterocycles. The fourth-order valence-electron chi connectivity index (χ4n) is 3.05. The Morgan fingerprint density at radius 2 is 1.81 bits per heavy atom. The highest BCUT2D eigenvalue weighted by atomic mass is 35.5. The molecule has 0 atom stereocenters. The molecule has 0 aliphatic rings. The molecule has 32 heavy (non-hydrogen) atoms. The fourth-order valence-corrected chi connectivity index (χ4v) is 4.06. The van der Waals surface area contributed by atoms with Crippen LogP contribution < -0.4 is 0 Å². The van der Waals surface area contributed by atoms with E-state index >= 15 is 0 Å². The molecule has 0 saturated heterocycles. The normalized spacial score (nSPS) is 11.1. The maximum atomic E-state index is 6.49. The van der Waals surface area contributed by atoms with E-state index in [4.69, 9.17) is 16.0 Å². The molecule has 0 spiro atoms. The Kier molecular flexibility index (Phi) is 5.66. The number of rotatable bonds is 6. The number of thioether (sulfide) groups is 1. The second-order valence-electron chi connectivity index (χ2n) is 6.84. The summed E-state index contributed by atoms with van der Waals surface area (Å²) in [5, 5.41) is 18.3. The Morgan fingerprint density at radius 3 is 2.59 bits per heavy atom. The largest absolute Gasteiger partial charge is 0.420 e. The molecule has 0 fully saturated rings. The topological polar surface area (TPSA) is 95.4 Å². The third kappa shape index (κ3) is 4.12. The van der Waals surface area contributed by atoms with Crippen LogP contribution in [-0.2, 0) is 5.75 Å². The minimum absolute atomic E-state index is 0.422. The van der Waals surface area contributed by atoms with Crippen molar-refractivity contribution in [1.82, 2.24) is 34.9 Å². The van der Waals surface area contributed by atoms with Crippen molar-refractivity contribution >= 4 is 23.4 Å². The second-order valence-corrected chi connectivity index (χ2v) is 8.19. The summed E-state index contributed by atoms with van der Waals surface area (Å²) in [4.78, 5) is 8.29. The summed E-state index contributed by atoms with van der Waals surface area (Å²) in [6.07, 6.45) is 3.13. The van der Waals surface area contributed by atoms with Crippen molar-refractivity contribution in [2.75, 3.05) is 0 Å². The van der Waals surface area contributed by atoms with Gasteiger partial charge in [0.05, 0.1) is 16.5 Å². The van der Waals surface area contributed by atoms with E-state index in [1.165, 1.54) is 23.7 Å². The number of hydrogen-bond donors (Lipinski definition) is 0. The van der Waals surface area contributed by atoms with Gasteiger partial charge in [-0.3, -0.25) is 4.57 Å². The van der Waals surface area contributed by atoms with Gasteiger partial charge in [0, 0.05) is 11.8 Å². The van der Waals surface area contributed by atoms with E-state index in [2.05, 4.69) is 30.4 Å². The van der Waals surface area contributed by atoms with Crippen molar-refractivity contribution in [3.8, 4) is 28.7 Å². The predicted molar refractivity (Wildman–Crippen MR) is 121 cm³/mol. The first-order valence-corrected chi connectivity index (χ1v) is 11.0. The number of halogens is 1. The van der Waals surface area contributed by atoms with Crippen molar-refractivity contribution in [1.29, 1.82) is 0 Å². The molecule has 3 heterocycles. The van der Waals surface area contributed by atoms with Gasteiger partial charge in [0.15, 0.2) is 11.0 Å². The third-order valence-corrected chi connectivity index (χ3v) is 5.86. The SMILES string of the molecule is Cc1ccc(-c2nnc(CSc3nnc(-c4ccncn4)n3-c3ccccc3Cl)o2)cc1. The molecule has 10 heteroatoms. The van der Waals surface area contributed by atoms with E-state index in [0.29, 0.717) is 39.2 Å². The zero-order chi connectivity index (χ0) is 21.9. The van der Waals surface area contributed by atoms with E-state index in [1.807, 2.05) is 60.0 Å². The molecule has 5 aromatic rings. The number of nitrogens with zero attached hydrogens (tertiary/aromatic N) is 7. The molecule has 0 N–H and O–H groups in total. The Labute approximate surface area is 192 Å². The molecule has 8 nitrogen and oxygen atoms in total. The average molecular weight is 462 g/mol. The summed E-state index contributed by atoms with van der Waals surface area (Å²) in [6.45, 7) is 2.03. The highest BCUT2D eigenvalue weighted by Gasteiger charge is 2.20. The van der Waals surface area contributed by atoms with Gasteiger partial charge in [0.2, 0.25) is 11.8 Å². The molecule has 5 rings (SSSR count). The predicted octanol–water partition coefficient (Wildman–Crippen LogP) is 5.03. The number of para-hydroxylation sites is 1. The summed E-state index contributed by atoms with van der Waals surface area (Å²) in [6, 6.07) is 17.2. The lowest BCUT2D eigenvalue weighted by molar-refractivity contribution is 0.528. The van der Waals surface area contributed by atoms with Gasteiger partial charge in [-0.15, -0.1) is 20.4 Å². The van der Waals surface area contributed by atoms with E-state index in [-0.39, 0.29) is 0 Å². The van der Waals surface area contributed by atoms with Gasteiger partial charge in [-0.05, 0) is 37.3 Å². The first-order valence-electron chi connectivity index (χ1n) is 9.68. The molecule has 0 radical (unpaired) electrons. The van der Waals surface area contributed by atoms with Crippen LogP contribution >= 0.6 is 23.4 Å². The molecular weight excluding hydrogens is 446 g/mol.